The number of H-pyrrole nitrogens is 1. The maximum atomic E-state index is 5.21. The van der Waals surface area contributed by atoms with E-state index in [-0.39, 0.29) is 0 Å². The summed E-state index contributed by atoms with van der Waals surface area (Å²) < 4.78 is 0.749. The monoisotopic (exact) mass is 222 g/mol. The van der Waals surface area contributed by atoms with Crippen molar-refractivity contribution >= 4 is 12.2 Å². The van der Waals surface area contributed by atoms with E-state index in [0.717, 1.165) is 23.3 Å². The lowest BCUT2D eigenvalue weighted by atomic mass is 10.0. The van der Waals surface area contributed by atoms with Crippen molar-refractivity contribution in [1.82, 2.24) is 9.97 Å². The van der Waals surface area contributed by atoms with E-state index in [9.17, 15) is 0 Å². The molecule has 1 heterocycles. The standard InChI is InChI=1S/C12H18N2S/c1-2-5-11-13-10(8-12(15)14-11)9-6-3-4-7-9/h8-9H,2-7H2,1H3,(H,13,14,15). The van der Waals surface area contributed by atoms with Crippen LogP contribution in [0.1, 0.15) is 56.5 Å². The zero-order valence-corrected chi connectivity index (χ0v) is 10.1. The van der Waals surface area contributed by atoms with Crippen molar-refractivity contribution in [3.8, 4) is 0 Å². The molecule has 15 heavy (non-hydrogen) atoms. The van der Waals surface area contributed by atoms with E-state index >= 15 is 0 Å². The van der Waals surface area contributed by atoms with Gasteiger partial charge in [0.15, 0.2) is 0 Å². The van der Waals surface area contributed by atoms with E-state index < -0.39 is 0 Å². The van der Waals surface area contributed by atoms with Crippen molar-refractivity contribution in [1.29, 1.82) is 0 Å². The summed E-state index contributed by atoms with van der Waals surface area (Å²) >= 11 is 5.21. The average Bonchev–Trinajstić information content (AvgIpc) is 2.70. The molecule has 0 amide bonds. The van der Waals surface area contributed by atoms with Gasteiger partial charge in [-0.15, -0.1) is 0 Å². The summed E-state index contributed by atoms with van der Waals surface area (Å²) in [5.74, 6) is 1.76. The maximum absolute atomic E-state index is 5.21. The van der Waals surface area contributed by atoms with Crippen LogP contribution in [-0.2, 0) is 6.42 Å². The molecule has 0 aliphatic heterocycles. The Bertz CT molecular complexity index is 377. The molecule has 1 aliphatic rings. The minimum atomic E-state index is 0.699. The highest BCUT2D eigenvalue weighted by Gasteiger charge is 2.18. The summed E-state index contributed by atoms with van der Waals surface area (Å²) in [6.07, 6.45) is 7.45. The van der Waals surface area contributed by atoms with Crippen LogP contribution in [0.2, 0.25) is 0 Å². The first-order valence-electron chi connectivity index (χ1n) is 5.89. The summed E-state index contributed by atoms with van der Waals surface area (Å²) in [6, 6.07) is 2.05. The lowest BCUT2D eigenvalue weighted by molar-refractivity contribution is 0.678. The molecule has 0 radical (unpaired) electrons. The van der Waals surface area contributed by atoms with Gasteiger partial charge in [-0.3, -0.25) is 0 Å². The van der Waals surface area contributed by atoms with Crippen LogP contribution in [0.5, 0.6) is 0 Å². The summed E-state index contributed by atoms with van der Waals surface area (Å²) in [4.78, 5) is 7.80. The maximum Gasteiger partial charge on any atom is 0.129 e. The quantitative estimate of drug-likeness (QED) is 0.789. The molecule has 1 N–H and O–H groups in total. The molecule has 2 nitrogen and oxygen atoms in total. The summed E-state index contributed by atoms with van der Waals surface area (Å²) in [7, 11) is 0. The van der Waals surface area contributed by atoms with Crippen molar-refractivity contribution in [2.75, 3.05) is 0 Å². The number of nitrogens with zero attached hydrogens (tertiary/aromatic N) is 1. The third-order valence-corrected chi connectivity index (χ3v) is 3.30. The summed E-state index contributed by atoms with van der Waals surface area (Å²) in [5, 5.41) is 0. The molecule has 1 aromatic rings. The smallest absolute Gasteiger partial charge is 0.129 e. The molecule has 1 aliphatic carbocycles. The predicted molar refractivity (Wildman–Crippen MR) is 64.6 cm³/mol. The molecule has 0 saturated heterocycles. The van der Waals surface area contributed by atoms with E-state index in [1.165, 1.54) is 31.4 Å². The minimum absolute atomic E-state index is 0.699. The second kappa shape index (κ2) is 4.88. The molecule has 0 spiro atoms. The highest BCUT2D eigenvalue weighted by atomic mass is 32.1. The highest BCUT2D eigenvalue weighted by molar-refractivity contribution is 7.71. The van der Waals surface area contributed by atoms with E-state index in [2.05, 4.69) is 16.9 Å². The third-order valence-electron chi connectivity index (χ3n) is 3.09. The van der Waals surface area contributed by atoms with Gasteiger partial charge in [0.05, 0.1) is 0 Å². The van der Waals surface area contributed by atoms with Crippen LogP contribution < -0.4 is 0 Å². The topological polar surface area (TPSA) is 28.7 Å². The second-order valence-electron chi connectivity index (χ2n) is 4.35. The zero-order valence-electron chi connectivity index (χ0n) is 9.25. The average molecular weight is 222 g/mol. The minimum Gasteiger partial charge on any atom is -0.347 e. The Balaban J connectivity index is 2.26. The van der Waals surface area contributed by atoms with Gasteiger partial charge in [-0.25, -0.2) is 4.98 Å². The van der Waals surface area contributed by atoms with Gasteiger partial charge in [0.25, 0.3) is 0 Å². The molecule has 0 unspecified atom stereocenters. The zero-order chi connectivity index (χ0) is 10.7. The van der Waals surface area contributed by atoms with Crippen LogP contribution in [0.3, 0.4) is 0 Å². The van der Waals surface area contributed by atoms with Gasteiger partial charge in [-0.2, -0.15) is 0 Å². The fourth-order valence-electron chi connectivity index (χ4n) is 2.34. The number of hydrogen-bond acceptors (Lipinski definition) is 2. The van der Waals surface area contributed by atoms with E-state index in [1.807, 2.05) is 6.07 Å². The summed E-state index contributed by atoms with van der Waals surface area (Å²) in [5.41, 5.74) is 1.32. The van der Waals surface area contributed by atoms with E-state index in [0.29, 0.717) is 5.92 Å². The largest absolute Gasteiger partial charge is 0.347 e. The first kappa shape index (κ1) is 10.8. The van der Waals surface area contributed by atoms with Crippen molar-refractivity contribution in [2.45, 2.75) is 51.4 Å². The van der Waals surface area contributed by atoms with Crippen molar-refractivity contribution in [3.63, 3.8) is 0 Å². The molecule has 0 atom stereocenters. The second-order valence-corrected chi connectivity index (χ2v) is 4.77. The molecule has 3 heteroatoms. The highest BCUT2D eigenvalue weighted by Crippen LogP contribution is 2.32. The lowest BCUT2D eigenvalue weighted by Crippen LogP contribution is -2.02. The Labute approximate surface area is 96.1 Å². The van der Waals surface area contributed by atoms with Gasteiger partial charge < -0.3 is 4.98 Å². The van der Waals surface area contributed by atoms with Gasteiger partial charge in [0, 0.05) is 12.1 Å². The number of hydrogen-bond donors (Lipinski definition) is 1. The fourth-order valence-corrected chi connectivity index (χ4v) is 2.58. The molecule has 1 saturated carbocycles. The Kier molecular flexibility index (Phi) is 3.52. The third kappa shape index (κ3) is 2.65. The molecule has 1 aromatic heterocycles. The van der Waals surface area contributed by atoms with Crippen molar-refractivity contribution in [3.05, 3.63) is 22.2 Å². The number of rotatable bonds is 3. The lowest BCUT2D eigenvalue weighted by Gasteiger charge is -2.10. The SMILES string of the molecule is CCCc1nc(=S)cc(C2CCCC2)[nH]1. The van der Waals surface area contributed by atoms with Gasteiger partial charge in [0.1, 0.15) is 10.5 Å². The molecular formula is C12H18N2S. The first-order chi connectivity index (χ1) is 7.29. The Morgan fingerprint density at radius 3 is 2.87 bits per heavy atom. The number of aryl methyl sites for hydroxylation is 1. The molecule has 0 bridgehead atoms. The Morgan fingerprint density at radius 1 is 1.47 bits per heavy atom. The van der Waals surface area contributed by atoms with E-state index in [1.54, 1.807) is 0 Å². The van der Waals surface area contributed by atoms with Crippen LogP contribution in [0.15, 0.2) is 6.07 Å². The van der Waals surface area contributed by atoms with Crippen molar-refractivity contribution < 1.29 is 0 Å². The Hall–Kier alpha value is -0.700. The predicted octanol–water partition coefficient (Wildman–Crippen LogP) is 3.75. The number of aromatic nitrogens is 2. The van der Waals surface area contributed by atoms with Crippen LogP contribution in [0.25, 0.3) is 0 Å². The molecule has 2 rings (SSSR count). The van der Waals surface area contributed by atoms with Gasteiger partial charge in [-0.05, 0) is 31.2 Å². The normalized spacial score (nSPS) is 17.1. The molecular weight excluding hydrogens is 204 g/mol. The summed E-state index contributed by atoms with van der Waals surface area (Å²) in [6.45, 7) is 2.17. The van der Waals surface area contributed by atoms with Crippen LogP contribution in [0.4, 0.5) is 0 Å². The van der Waals surface area contributed by atoms with E-state index in [4.69, 9.17) is 12.2 Å². The molecule has 0 aromatic carbocycles. The first-order valence-corrected chi connectivity index (χ1v) is 6.30. The van der Waals surface area contributed by atoms with Crippen molar-refractivity contribution in [2.24, 2.45) is 0 Å². The van der Waals surface area contributed by atoms with Crippen LogP contribution >= 0.6 is 12.2 Å². The van der Waals surface area contributed by atoms with Gasteiger partial charge in [0.2, 0.25) is 0 Å². The molecule has 1 fully saturated rings. The fraction of sp³-hybridized carbons (Fsp3) is 0.667. The Morgan fingerprint density at radius 2 is 2.20 bits per heavy atom. The number of nitrogens with one attached hydrogen (secondary N) is 1. The van der Waals surface area contributed by atoms with Crippen LogP contribution in [-0.4, -0.2) is 9.97 Å². The van der Waals surface area contributed by atoms with Gasteiger partial charge in [-0.1, -0.05) is 32.0 Å². The molecule has 82 valence electrons. The number of aromatic amines is 1. The van der Waals surface area contributed by atoms with Gasteiger partial charge >= 0.3 is 0 Å². The van der Waals surface area contributed by atoms with Crippen LogP contribution in [0, 0.1) is 4.64 Å².